The van der Waals surface area contributed by atoms with E-state index in [1.54, 1.807) is 0 Å². The summed E-state index contributed by atoms with van der Waals surface area (Å²) in [5, 5.41) is 11.7. The number of nitrogens with one attached hydrogen (secondary N) is 1. The van der Waals surface area contributed by atoms with Crippen molar-refractivity contribution >= 4 is 5.91 Å². The molecule has 0 radical (unpaired) electrons. The molecule has 0 heterocycles. The van der Waals surface area contributed by atoms with Crippen molar-refractivity contribution in [1.29, 1.82) is 0 Å². The average molecular weight is 236 g/mol. The third-order valence-corrected chi connectivity index (χ3v) is 2.78. The molecule has 0 fully saturated rings. The molecule has 4 nitrogen and oxygen atoms in total. The minimum absolute atomic E-state index is 0.0666. The molecule has 0 saturated carbocycles. The van der Waals surface area contributed by atoms with Crippen LogP contribution in [0.25, 0.3) is 0 Å². The minimum Gasteiger partial charge on any atom is -0.394 e. The number of rotatable bonds is 5. The number of aryl methyl sites for hydroxylation is 1. The normalized spacial score (nSPS) is 14.1. The zero-order valence-electron chi connectivity index (χ0n) is 10.3. The van der Waals surface area contributed by atoms with E-state index >= 15 is 0 Å². The Bertz CT molecular complexity index is 358. The highest BCUT2D eigenvalue weighted by Gasteiger charge is 2.18. The van der Waals surface area contributed by atoms with Crippen LogP contribution in [0.3, 0.4) is 0 Å². The first-order valence-electron chi connectivity index (χ1n) is 5.81. The summed E-state index contributed by atoms with van der Waals surface area (Å²) < 4.78 is 0. The molecule has 1 aromatic rings. The molecule has 1 unspecified atom stereocenters. The second-order valence-corrected chi connectivity index (χ2v) is 4.18. The van der Waals surface area contributed by atoms with E-state index in [1.807, 2.05) is 38.1 Å². The van der Waals surface area contributed by atoms with Crippen LogP contribution in [-0.4, -0.2) is 23.7 Å². The van der Waals surface area contributed by atoms with Crippen LogP contribution in [0.5, 0.6) is 0 Å². The van der Waals surface area contributed by atoms with Crippen LogP contribution in [0.15, 0.2) is 24.3 Å². The van der Waals surface area contributed by atoms with Gasteiger partial charge in [0.05, 0.1) is 12.6 Å². The second kappa shape index (κ2) is 6.37. The first kappa shape index (κ1) is 13.7. The van der Waals surface area contributed by atoms with Gasteiger partial charge in [-0.1, -0.05) is 36.8 Å². The van der Waals surface area contributed by atoms with Crippen LogP contribution >= 0.6 is 0 Å². The van der Waals surface area contributed by atoms with E-state index in [0.29, 0.717) is 6.42 Å². The Balaban J connectivity index is 2.66. The van der Waals surface area contributed by atoms with Crippen molar-refractivity contribution in [2.24, 2.45) is 5.73 Å². The lowest BCUT2D eigenvalue weighted by molar-refractivity contribution is -0.123. The van der Waals surface area contributed by atoms with Gasteiger partial charge in [-0.15, -0.1) is 0 Å². The number of aliphatic hydroxyl groups is 1. The van der Waals surface area contributed by atoms with Gasteiger partial charge >= 0.3 is 0 Å². The number of hydrogen-bond donors (Lipinski definition) is 3. The molecular weight excluding hydrogens is 216 g/mol. The smallest absolute Gasteiger partial charge is 0.241 e. The summed E-state index contributed by atoms with van der Waals surface area (Å²) in [4.78, 5) is 11.8. The van der Waals surface area contributed by atoms with Gasteiger partial charge in [-0.25, -0.2) is 0 Å². The maximum atomic E-state index is 11.8. The van der Waals surface area contributed by atoms with E-state index in [-0.39, 0.29) is 18.6 Å². The molecule has 0 saturated heterocycles. The quantitative estimate of drug-likeness (QED) is 0.710. The van der Waals surface area contributed by atoms with Gasteiger partial charge in [0.2, 0.25) is 5.91 Å². The second-order valence-electron chi connectivity index (χ2n) is 4.18. The fraction of sp³-hybridized carbons (Fsp3) is 0.462. The summed E-state index contributed by atoms with van der Waals surface area (Å²) in [5.41, 5.74) is 7.76. The van der Waals surface area contributed by atoms with Crippen LogP contribution < -0.4 is 11.1 Å². The van der Waals surface area contributed by atoms with Gasteiger partial charge in [-0.2, -0.15) is 0 Å². The van der Waals surface area contributed by atoms with Crippen molar-refractivity contribution in [2.75, 3.05) is 6.61 Å². The Morgan fingerprint density at radius 1 is 1.41 bits per heavy atom. The number of carbonyl (C=O) groups excluding carboxylic acids is 1. The van der Waals surface area contributed by atoms with Crippen molar-refractivity contribution in [3.8, 4) is 0 Å². The molecule has 4 heteroatoms. The maximum absolute atomic E-state index is 11.8. The topological polar surface area (TPSA) is 75.3 Å². The van der Waals surface area contributed by atoms with E-state index in [4.69, 9.17) is 10.8 Å². The van der Waals surface area contributed by atoms with Gasteiger partial charge in [0.25, 0.3) is 0 Å². The molecule has 2 atom stereocenters. The average Bonchev–Trinajstić information content (AvgIpc) is 2.35. The highest BCUT2D eigenvalue weighted by molar-refractivity contribution is 5.83. The fourth-order valence-corrected chi connectivity index (χ4v) is 1.49. The first-order chi connectivity index (χ1) is 8.08. The van der Waals surface area contributed by atoms with Crippen molar-refractivity contribution in [2.45, 2.75) is 32.4 Å². The van der Waals surface area contributed by atoms with Gasteiger partial charge in [0.1, 0.15) is 6.04 Å². The highest BCUT2D eigenvalue weighted by atomic mass is 16.3. The van der Waals surface area contributed by atoms with E-state index < -0.39 is 6.04 Å². The Kier molecular flexibility index (Phi) is 5.12. The standard InChI is InChI=1S/C13H20N2O2/c1-3-11(8-16)15-13(17)12(14)10-6-4-9(2)5-7-10/h4-7,11-12,16H,3,8,14H2,1-2H3,(H,15,17)/t11-,12?/m1/s1. The van der Waals surface area contributed by atoms with Crippen LogP contribution in [-0.2, 0) is 4.79 Å². The lowest BCUT2D eigenvalue weighted by Gasteiger charge is -2.18. The zero-order valence-corrected chi connectivity index (χ0v) is 10.3. The summed E-state index contributed by atoms with van der Waals surface area (Å²) in [7, 11) is 0. The Morgan fingerprint density at radius 3 is 2.47 bits per heavy atom. The molecule has 94 valence electrons. The van der Waals surface area contributed by atoms with Crippen molar-refractivity contribution in [3.63, 3.8) is 0 Å². The molecule has 17 heavy (non-hydrogen) atoms. The third kappa shape index (κ3) is 3.84. The molecule has 0 aliphatic carbocycles. The summed E-state index contributed by atoms with van der Waals surface area (Å²) in [6, 6.07) is 6.63. The number of hydrogen-bond acceptors (Lipinski definition) is 3. The molecule has 0 aliphatic heterocycles. The van der Waals surface area contributed by atoms with Gasteiger partial charge in [-0.3, -0.25) is 4.79 Å². The number of amides is 1. The van der Waals surface area contributed by atoms with Crippen LogP contribution in [0.1, 0.15) is 30.5 Å². The summed E-state index contributed by atoms with van der Waals surface area (Å²) >= 11 is 0. The Labute approximate surface area is 102 Å². The largest absolute Gasteiger partial charge is 0.394 e. The number of carbonyl (C=O) groups is 1. The van der Waals surface area contributed by atoms with Crippen molar-refractivity contribution in [3.05, 3.63) is 35.4 Å². The third-order valence-electron chi connectivity index (χ3n) is 2.78. The zero-order chi connectivity index (χ0) is 12.8. The highest BCUT2D eigenvalue weighted by Crippen LogP contribution is 2.11. The molecule has 0 aromatic heterocycles. The molecule has 0 aliphatic rings. The van der Waals surface area contributed by atoms with E-state index in [9.17, 15) is 4.79 Å². The number of nitrogens with two attached hydrogens (primary N) is 1. The van der Waals surface area contributed by atoms with Gasteiger partial charge < -0.3 is 16.2 Å². The van der Waals surface area contributed by atoms with Crippen LogP contribution in [0.4, 0.5) is 0 Å². The van der Waals surface area contributed by atoms with E-state index in [1.165, 1.54) is 0 Å². The maximum Gasteiger partial charge on any atom is 0.241 e. The lowest BCUT2D eigenvalue weighted by atomic mass is 10.0. The van der Waals surface area contributed by atoms with Gasteiger partial charge in [0, 0.05) is 0 Å². The number of benzene rings is 1. The monoisotopic (exact) mass is 236 g/mol. The molecule has 1 rings (SSSR count). The number of aliphatic hydroxyl groups excluding tert-OH is 1. The Morgan fingerprint density at radius 2 is 2.00 bits per heavy atom. The molecule has 4 N–H and O–H groups in total. The van der Waals surface area contributed by atoms with Crippen LogP contribution in [0.2, 0.25) is 0 Å². The minimum atomic E-state index is -0.684. The summed E-state index contributed by atoms with van der Waals surface area (Å²) in [6.07, 6.45) is 0.683. The molecular formula is C13H20N2O2. The predicted molar refractivity (Wildman–Crippen MR) is 67.4 cm³/mol. The summed E-state index contributed by atoms with van der Waals surface area (Å²) in [6.45, 7) is 3.82. The first-order valence-corrected chi connectivity index (χ1v) is 5.81. The Hall–Kier alpha value is -1.39. The van der Waals surface area contributed by atoms with E-state index in [0.717, 1.165) is 11.1 Å². The molecule has 1 amide bonds. The molecule has 1 aromatic carbocycles. The van der Waals surface area contributed by atoms with Crippen LogP contribution in [0, 0.1) is 6.92 Å². The fourth-order valence-electron chi connectivity index (χ4n) is 1.49. The molecule has 0 bridgehead atoms. The van der Waals surface area contributed by atoms with Gasteiger partial charge in [0.15, 0.2) is 0 Å². The summed E-state index contributed by atoms with van der Waals surface area (Å²) in [5.74, 6) is -0.255. The predicted octanol–water partition coefficient (Wildman–Crippen LogP) is 0.882. The van der Waals surface area contributed by atoms with Gasteiger partial charge in [-0.05, 0) is 18.9 Å². The molecule has 0 spiro atoms. The van der Waals surface area contributed by atoms with Crippen molar-refractivity contribution < 1.29 is 9.90 Å². The van der Waals surface area contributed by atoms with Crippen molar-refractivity contribution in [1.82, 2.24) is 5.32 Å². The lowest BCUT2D eigenvalue weighted by Crippen LogP contribution is -2.42. The van der Waals surface area contributed by atoms with E-state index in [2.05, 4.69) is 5.32 Å². The SMILES string of the molecule is CC[C@H](CO)NC(=O)C(N)c1ccc(C)cc1.